The highest BCUT2D eigenvalue weighted by Crippen LogP contribution is 2.31. The largest absolute Gasteiger partial charge is 0.480 e. The first-order valence-electron chi connectivity index (χ1n) is 6.55. The van der Waals surface area contributed by atoms with E-state index >= 15 is 0 Å². The van der Waals surface area contributed by atoms with Crippen LogP contribution in [0.1, 0.15) is 52.9 Å². The van der Waals surface area contributed by atoms with E-state index in [2.05, 4.69) is 26.1 Å². The number of unbranched alkanes of at least 4 members (excludes halogenated alkanes) is 1. The van der Waals surface area contributed by atoms with Gasteiger partial charge in [0.15, 0.2) is 0 Å². The summed E-state index contributed by atoms with van der Waals surface area (Å²) in [5.74, 6) is 0.627. The third-order valence-electron chi connectivity index (χ3n) is 4.02. The highest BCUT2D eigenvalue weighted by atomic mass is 16.4. The number of hydrogen-bond acceptors (Lipinski definition) is 2. The van der Waals surface area contributed by atoms with E-state index in [9.17, 15) is 4.79 Å². The van der Waals surface area contributed by atoms with Gasteiger partial charge in [-0.25, -0.2) is 0 Å². The molecule has 0 radical (unpaired) electrons. The van der Waals surface area contributed by atoms with E-state index in [-0.39, 0.29) is 6.04 Å². The Kier molecular flexibility index (Phi) is 5.26. The van der Waals surface area contributed by atoms with Crippen molar-refractivity contribution in [3.8, 4) is 0 Å². The molecule has 3 nitrogen and oxygen atoms in total. The summed E-state index contributed by atoms with van der Waals surface area (Å²) < 4.78 is 0. The van der Waals surface area contributed by atoms with Crippen molar-refractivity contribution in [1.29, 1.82) is 0 Å². The number of hydrogen-bond donors (Lipinski definition) is 2. The molecule has 1 fully saturated rings. The summed E-state index contributed by atoms with van der Waals surface area (Å²) in [4.78, 5) is 11.1. The lowest BCUT2D eigenvalue weighted by Crippen LogP contribution is -2.44. The predicted octanol–water partition coefficient (Wildman–Crippen LogP) is 2.65. The molecule has 0 aromatic rings. The Hall–Kier alpha value is -0.570. The summed E-state index contributed by atoms with van der Waals surface area (Å²) in [7, 11) is 0. The van der Waals surface area contributed by atoms with Gasteiger partial charge < -0.3 is 10.4 Å². The van der Waals surface area contributed by atoms with Crippen molar-refractivity contribution in [1.82, 2.24) is 5.32 Å². The zero-order chi connectivity index (χ0) is 12.1. The topological polar surface area (TPSA) is 49.3 Å². The molecule has 0 bridgehead atoms. The van der Waals surface area contributed by atoms with Crippen molar-refractivity contribution in [2.45, 2.75) is 65.0 Å². The third-order valence-corrected chi connectivity index (χ3v) is 4.02. The minimum Gasteiger partial charge on any atom is -0.480 e. The summed E-state index contributed by atoms with van der Waals surface area (Å²) in [5, 5.41) is 12.5. The molecule has 0 heterocycles. The summed E-state index contributed by atoms with van der Waals surface area (Å²) in [6, 6.07) is 0.0469. The molecule has 0 aliphatic heterocycles. The van der Waals surface area contributed by atoms with Crippen LogP contribution in [-0.2, 0) is 4.79 Å². The number of nitrogens with one attached hydrogen (secondary N) is 1. The first kappa shape index (κ1) is 13.5. The van der Waals surface area contributed by atoms with Crippen LogP contribution in [0, 0.1) is 11.8 Å². The molecule has 0 saturated heterocycles. The van der Waals surface area contributed by atoms with Gasteiger partial charge in [0.25, 0.3) is 0 Å². The fourth-order valence-corrected chi connectivity index (χ4v) is 2.54. The maximum absolute atomic E-state index is 11.1. The second kappa shape index (κ2) is 6.24. The Balaban J connectivity index is 2.45. The van der Waals surface area contributed by atoms with Gasteiger partial charge in [-0.1, -0.05) is 33.6 Å². The molecule has 1 aliphatic carbocycles. The van der Waals surface area contributed by atoms with E-state index in [1.165, 1.54) is 6.42 Å². The molecule has 0 spiro atoms. The highest BCUT2D eigenvalue weighted by molar-refractivity contribution is 5.73. The molecule has 16 heavy (non-hydrogen) atoms. The highest BCUT2D eigenvalue weighted by Gasteiger charge is 2.32. The monoisotopic (exact) mass is 227 g/mol. The van der Waals surface area contributed by atoms with Crippen LogP contribution in [0.25, 0.3) is 0 Å². The lowest BCUT2D eigenvalue weighted by molar-refractivity contribution is -0.140. The molecule has 4 unspecified atom stereocenters. The van der Waals surface area contributed by atoms with Gasteiger partial charge in [0.1, 0.15) is 6.04 Å². The number of carboxylic acid groups (broad SMARTS) is 1. The van der Waals surface area contributed by atoms with Gasteiger partial charge in [-0.15, -0.1) is 0 Å². The van der Waals surface area contributed by atoms with Crippen LogP contribution in [0.2, 0.25) is 0 Å². The van der Waals surface area contributed by atoms with E-state index in [1.807, 2.05) is 0 Å². The molecule has 2 N–H and O–H groups in total. The van der Waals surface area contributed by atoms with E-state index < -0.39 is 5.97 Å². The minimum atomic E-state index is -0.694. The van der Waals surface area contributed by atoms with E-state index in [0.29, 0.717) is 12.0 Å². The molecule has 0 aromatic carbocycles. The number of rotatable bonds is 6. The van der Waals surface area contributed by atoms with Gasteiger partial charge in [-0.2, -0.15) is 0 Å². The van der Waals surface area contributed by atoms with Crippen molar-refractivity contribution in [2.75, 3.05) is 0 Å². The minimum absolute atomic E-state index is 0.349. The molecule has 1 saturated carbocycles. The summed E-state index contributed by atoms with van der Waals surface area (Å²) >= 11 is 0. The van der Waals surface area contributed by atoms with Gasteiger partial charge in [0.05, 0.1) is 0 Å². The van der Waals surface area contributed by atoms with E-state index in [1.54, 1.807) is 0 Å². The van der Waals surface area contributed by atoms with Gasteiger partial charge >= 0.3 is 5.97 Å². The van der Waals surface area contributed by atoms with Crippen LogP contribution in [0.15, 0.2) is 0 Å². The molecule has 0 aromatic heterocycles. The molecular formula is C13H25NO2. The lowest BCUT2D eigenvalue weighted by atomic mass is 9.97. The lowest BCUT2D eigenvalue weighted by Gasteiger charge is -2.24. The number of carboxylic acids is 1. The first-order chi connectivity index (χ1) is 7.56. The molecule has 3 heteroatoms. The third kappa shape index (κ3) is 3.48. The average molecular weight is 227 g/mol. The van der Waals surface area contributed by atoms with Gasteiger partial charge in [0, 0.05) is 6.04 Å². The van der Waals surface area contributed by atoms with Crippen molar-refractivity contribution in [3.63, 3.8) is 0 Å². The van der Waals surface area contributed by atoms with Crippen LogP contribution < -0.4 is 5.32 Å². The van der Waals surface area contributed by atoms with Crippen molar-refractivity contribution >= 4 is 5.97 Å². The molecule has 0 amide bonds. The van der Waals surface area contributed by atoms with Gasteiger partial charge in [0.2, 0.25) is 0 Å². The summed E-state index contributed by atoms with van der Waals surface area (Å²) in [6.45, 7) is 6.58. The van der Waals surface area contributed by atoms with Crippen molar-refractivity contribution in [3.05, 3.63) is 0 Å². The van der Waals surface area contributed by atoms with Crippen LogP contribution >= 0.6 is 0 Å². The molecule has 1 rings (SSSR count). The number of carbonyl (C=O) groups is 1. The second-order valence-electron chi connectivity index (χ2n) is 5.22. The summed E-state index contributed by atoms with van der Waals surface area (Å²) in [6.07, 6.45) is 5.14. The smallest absolute Gasteiger partial charge is 0.320 e. The van der Waals surface area contributed by atoms with Crippen LogP contribution in [-0.4, -0.2) is 23.2 Å². The molecular weight excluding hydrogens is 202 g/mol. The Morgan fingerprint density at radius 2 is 2.12 bits per heavy atom. The fraction of sp³-hybridized carbons (Fsp3) is 0.923. The average Bonchev–Trinajstić information content (AvgIpc) is 2.55. The van der Waals surface area contributed by atoms with Gasteiger partial charge in [-0.05, 0) is 31.1 Å². The SMILES string of the molecule is CCCCC(NC1CCC(C)C1C)C(=O)O. The van der Waals surface area contributed by atoms with Crippen LogP contribution in [0.5, 0.6) is 0 Å². The van der Waals surface area contributed by atoms with Crippen LogP contribution in [0.4, 0.5) is 0 Å². The molecule has 1 aliphatic rings. The molecule has 4 atom stereocenters. The first-order valence-corrected chi connectivity index (χ1v) is 6.55. The zero-order valence-corrected chi connectivity index (χ0v) is 10.7. The van der Waals surface area contributed by atoms with Crippen molar-refractivity contribution in [2.24, 2.45) is 11.8 Å². The van der Waals surface area contributed by atoms with Crippen LogP contribution in [0.3, 0.4) is 0 Å². The zero-order valence-electron chi connectivity index (χ0n) is 10.7. The Morgan fingerprint density at radius 3 is 2.56 bits per heavy atom. The second-order valence-corrected chi connectivity index (χ2v) is 5.22. The number of aliphatic carboxylic acids is 1. The Morgan fingerprint density at radius 1 is 1.44 bits per heavy atom. The Labute approximate surface area is 98.6 Å². The van der Waals surface area contributed by atoms with E-state index in [0.717, 1.165) is 31.6 Å². The standard InChI is InChI=1S/C13H25NO2/c1-4-5-6-12(13(15)16)14-11-8-7-9(2)10(11)3/h9-12,14H,4-8H2,1-3H3,(H,15,16). The van der Waals surface area contributed by atoms with E-state index in [4.69, 9.17) is 5.11 Å². The normalized spacial score (nSPS) is 31.6. The molecule has 94 valence electrons. The quantitative estimate of drug-likeness (QED) is 0.733. The maximum Gasteiger partial charge on any atom is 0.320 e. The van der Waals surface area contributed by atoms with Crippen molar-refractivity contribution < 1.29 is 9.90 Å². The maximum atomic E-state index is 11.1. The predicted molar refractivity (Wildman–Crippen MR) is 65.4 cm³/mol. The Bertz CT molecular complexity index is 230. The van der Waals surface area contributed by atoms with Gasteiger partial charge in [-0.3, -0.25) is 4.79 Å². The summed E-state index contributed by atoms with van der Waals surface area (Å²) in [5.41, 5.74) is 0. The fourth-order valence-electron chi connectivity index (χ4n) is 2.54.